The third-order valence-corrected chi connectivity index (χ3v) is 4.22. The Bertz CT molecular complexity index is 995. The number of aromatic amines is 1. The monoisotopic (exact) mass is 375 g/mol. The maximum absolute atomic E-state index is 13.1. The summed E-state index contributed by atoms with van der Waals surface area (Å²) in [6, 6.07) is 10.6. The summed E-state index contributed by atoms with van der Waals surface area (Å²) in [5.74, 6) is -1.84. The largest absolute Gasteiger partial charge is 0.417 e. The van der Waals surface area contributed by atoms with E-state index in [1.807, 2.05) is 24.3 Å². The van der Waals surface area contributed by atoms with Gasteiger partial charge in [-0.15, -0.1) is 0 Å². The van der Waals surface area contributed by atoms with Crippen LogP contribution in [-0.2, 0) is 17.4 Å². The molecule has 2 amide bonds. The molecule has 1 heterocycles. The highest BCUT2D eigenvalue weighted by atomic mass is 19.4. The van der Waals surface area contributed by atoms with Gasteiger partial charge in [0.15, 0.2) is 0 Å². The Morgan fingerprint density at radius 2 is 1.74 bits per heavy atom. The van der Waals surface area contributed by atoms with E-state index in [1.165, 1.54) is 12.1 Å². The minimum atomic E-state index is -4.69. The molecule has 8 heteroatoms. The molecule has 140 valence electrons. The van der Waals surface area contributed by atoms with Gasteiger partial charge in [-0.2, -0.15) is 13.2 Å². The minimum Gasteiger partial charge on any atom is -0.368 e. The summed E-state index contributed by atoms with van der Waals surface area (Å²) >= 11 is 0. The Labute approximate surface area is 152 Å². The van der Waals surface area contributed by atoms with Gasteiger partial charge >= 0.3 is 6.18 Å². The van der Waals surface area contributed by atoms with E-state index in [9.17, 15) is 22.8 Å². The van der Waals surface area contributed by atoms with Gasteiger partial charge in [0.05, 0.1) is 11.1 Å². The number of H-pyrrole nitrogens is 1. The van der Waals surface area contributed by atoms with E-state index in [2.05, 4.69) is 10.3 Å². The van der Waals surface area contributed by atoms with Crippen molar-refractivity contribution in [2.45, 2.75) is 18.6 Å². The summed E-state index contributed by atoms with van der Waals surface area (Å²) in [7, 11) is 0. The molecule has 3 aromatic rings. The first-order valence-corrected chi connectivity index (χ1v) is 8.09. The second-order valence-electron chi connectivity index (χ2n) is 6.04. The highest BCUT2D eigenvalue weighted by Crippen LogP contribution is 2.31. The lowest BCUT2D eigenvalue weighted by atomic mass is 10.0. The minimum absolute atomic E-state index is 0.0548. The number of fused-ring (bicyclic) bond motifs is 1. The molecule has 2 aromatic carbocycles. The molecular weight excluding hydrogens is 359 g/mol. The zero-order chi connectivity index (χ0) is 19.6. The first-order chi connectivity index (χ1) is 12.8. The number of carbonyl (C=O) groups is 2. The second-order valence-corrected chi connectivity index (χ2v) is 6.04. The van der Waals surface area contributed by atoms with Crippen LogP contribution in [0.25, 0.3) is 10.9 Å². The molecule has 0 aliphatic carbocycles. The van der Waals surface area contributed by atoms with Crippen molar-refractivity contribution in [1.82, 2.24) is 10.3 Å². The molecule has 0 unspecified atom stereocenters. The maximum atomic E-state index is 13.1. The number of nitrogens with one attached hydrogen (secondary N) is 2. The van der Waals surface area contributed by atoms with Crippen molar-refractivity contribution in [2.75, 3.05) is 0 Å². The Morgan fingerprint density at radius 1 is 1.07 bits per heavy atom. The van der Waals surface area contributed by atoms with Crippen molar-refractivity contribution in [3.8, 4) is 0 Å². The van der Waals surface area contributed by atoms with Gasteiger partial charge in [-0.25, -0.2) is 0 Å². The number of alkyl halides is 3. The number of nitrogens with two attached hydrogens (primary N) is 1. The lowest BCUT2D eigenvalue weighted by Gasteiger charge is -2.17. The van der Waals surface area contributed by atoms with E-state index in [0.717, 1.165) is 28.6 Å². The molecule has 4 N–H and O–H groups in total. The van der Waals surface area contributed by atoms with Crippen LogP contribution < -0.4 is 11.1 Å². The van der Waals surface area contributed by atoms with Crippen LogP contribution in [-0.4, -0.2) is 22.8 Å². The third kappa shape index (κ3) is 3.94. The second kappa shape index (κ2) is 7.14. The van der Waals surface area contributed by atoms with Crippen LogP contribution in [0, 0.1) is 0 Å². The molecule has 1 aromatic heterocycles. The van der Waals surface area contributed by atoms with Crippen LogP contribution in [0.1, 0.15) is 21.5 Å². The van der Waals surface area contributed by atoms with Crippen molar-refractivity contribution >= 4 is 22.7 Å². The maximum Gasteiger partial charge on any atom is 0.417 e. The molecule has 0 aliphatic heterocycles. The van der Waals surface area contributed by atoms with Crippen LogP contribution in [0.2, 0.25) is 0 Å². The number of amides is 2. The number of para-hydroxylation sites is 1. The molecule has 3 rings (SSSR count). The van der Waals surface area contributed by atoms with Gasteiger partial charge in [-0.3, -0.25) is 9.59 Å². The Balaban J connectivity index is 1.85. The molecule has 0 saturated carbocycles. The molecular formula is C19H16F3N3O2. The number of primary amides is 1. The number of halogens is 3. The van der Waals surface area contributed by atoms with E-state index >= 15 is 0 Å². The number of rotatable bonds is 5. The van der Waals surface area contributed by atoms with Crippen molar-refractivity contribution in [3.05, 3.63) is 71.4 Å². The highest BCUT2D eigenvalue weighted by molar-refractivity contribution is 5.99. The molecule has 0 spiro atoms. The Morgan fingerprint density at radius 3 is 2.44 bits per heavy atom. The van der Waals surface area contributed by atoms with Crippen molar-refractivity contribution in [3.63, 3.8) is 0 Å². The van der Waals surface area contributed by atoms with Crippen LogP contribution in [0.5, 0.6) is 0 Å². The third-order valence-electron chi connectivity index (χ3n) is 4.22. The Kier molecular flexibility index (Phi) is 4.89. The standard InChI is InChI=1S/C19H16F3N3O2/c20-19(21,22)14-7-3-1-6-13(14)18(27)25-16(17(23)26)9-11-10-24-15-8-4-2-5-12(11)15/h1-8,10,16,24H,9H2,(H2,23,26)(H,25,27)/t16-/m1/s1. The van der Waals surface area contributed by atoms with Gasteiger partial charge < -0.3 is 16.0 Å². The van der Waals surface area contributed by atoms with E-state index in [1.54, 1.807) is 6.20 Å². The molecule has 0 fully saturated rings. The first kappa shape index (κ1) is 18.5. The molecule has 0 radical (unpaired) electrons. The zero-order valence-corrected chi connectivity index (χ0v) is 14.0. The quantitative estimate of drug-likeness (QED) is 0.640. The molecule has 27 heavy (non-hydrogen) atoms. The van der Waals surface area contributed by atoms with E-state index in [0.29, 0.717) is 0 Å². The van der Waals surface area contributed by atoms with Crippen LogP contribution in [0.3, 0.4) is 0 Å². The summed E-state index contributed by atoms with van der Waals surface area (Å²) in [6.45, 7) is 0. The van der Waals surface area contributed by atoms with Crippen LogP contribution in [0.4, 0.5) is 13.2 Å². The van der Waals surface area contributed by atoms with Crippen LogP contribution >= 0.6 is 0 Å². The van der Waals surface area contributed by atoms with Crippen molar-refractivity contribution in [2.24, 2.45) is 5.73 Å². The van der Waals surface area contributed by atoms with E-state index in [-0.39, 0.29) is 6.42 Å². The molecule has 0 bridgehead atoms. The van der Waals surface area contributed by atoms with Gasteiger partial charge in [0.1, 0.15) is 6.04 Å². The number of hydrogen-bond acceptors (Lipinski definition) is 2. The molecule has 1 atom stereocenters. The van der Waals surface area contributed by atoms with Crippen molar-refractivity contribution in [1.29, 1.82) is 0 Å². The number of hydrogen-bond donors (Lipinski definition) is 3. The fourth-order valence-electron chi connectivity index (χ4n) is 2.91. The zero-order valence-electron chi connectivity index (χ0n) is 14.0. The molecule has 5 nitrogen and oxygen atoms in total. The fraction of sp³-hybridized carbons (Fsp3) is 0.158. The summed E-state index contributed by atoms with van der Waals surface area (Å²) in [5.41, 5.74) is 5.29. The highest BCUT2D eigenvalue weighted by Gasteiger charge is 2.35. The molecule has 0 aliphatic rings. The predicted octanol–water partition coefficient (Wildman–Crippen LogP) is 3.01. The number of aromatic nitrogens is 1. The molecule has 0 saturated heterocycles. The SMILES string of the molecule is NC(=O)[C@@H](Cc1c[nH]c2ccccc12)NC(=O)c1ccccc1C(F)(F)F. The lowest BCUT2D eigenvalue weighted by molar-refractivity contribution is -0.137. The summed E-state index contributed by atoms with van der Waals surface area (Å²) in [6.07, 6.45) is -2.96. The van der Waals surface area contributed by atoms with Gasteiger partial charge in [0, 0.05) is 23.5 Å². The first-order valence-electron chi connectivity index (χ1n) is 8.09. The topological polar surface area (TPSA) is 88.0 Å². The van der Waals surface area contributed by atoms with Gasteiger partial charge in [0.25, 0.3) is 5.91 Å². The van der Waals surface area contributed by atoms with Crippen molar-refractivity contribution < 1.29 is 22.8 Å². The summed E-state index contributed by atoms with van der Waals surface area (Å²) < 4.78 is 39.3. The average molecular weight is 375 g/mol. The smallest absolute Gasteiger partial charge is 0.368 e. The number of benzene rings is 2. The van der Waals surface area contributed by atoms with E-state index in [4.69, 9.17) is 5.73 Å². The Hall–Kier alpha value is -3.29. The fourth-order valence-corrected chi connectivity index (χ4v) is 2.91. The van der Waals surface area contributed by atoms with Crippen LogP contribution in [0.15, 0.2) is 54.7 Å². The van der Waals surface area contributed by atoms with Gasteiger partial charge in [-0.1, -0.05) is 30.3 Å². The van der Waals surface area contributed by atoms with Gasteiger partial charge in [-0.05, 0) is 23.8 Å². The normalized spacial score (nSPS) is 12.7. The average Bonchev–Trinajstić information content (AvgIpc) is 3.03. The summed E-state index contributed by atoms with van der Waals surface area (Å²) in [4.78, 5) is 27.2. The van der Waals surface area contributed by atoms with E-state index < -0.39 is 35.2 Å². The summed E-state index contributed by atoms with van der Waals surface area (Å²) in [5, 5.41) is 3.16. The lowest BCUT2D eigenvalue weighted by Crippen LogP contribution is -2.46. The van der Waals surface area contributed by atoms with Gasteiger partial charge in [0.2, 0.25) is 5.91 Å². The number of carbonyl (C=O) groups excluding carboxylic acids is 2. The predicted molar refractivity (Wildman–Crippen MR) is 93.9 cm³/mol.